The van der Waals surface area contributed by atoms with E-state index >= 15 is 0 Å². The Bertz CT molecular complexity index is 571. The molecule has 0 radical (unpaired) electrons. The van der Waals surface area contributed by atoms with Crippen molar-refractivity contribution in [1.82, 2.24) is 5.32 Å². The third-order valence-electron chi connectivity index (χ3n) is 4.25. The molecule has 2 N–H and O–H groups in total. The van der Waals surface area contributed by atoms with E-state index in [1.807, 2.05) is 0 Å². The van der Waals surface area contributed by atoms with Crippen LogP contribution in [0.25, 0.3) is 0 Å². The molecule has 1 aromatic carbocycles. The number of hydrogen-bond donors (Lipinski definition) is 2. The van der Waals surface area contributed by atoms with Gasteiger partial charge < -0.3 is 10.4 Å². The molecule has 22 heavy (non-hydrogen) atoms. The van der Waals surface area contributed by atoms with Crippen molar-refractivity contribution in [3.05, 3.63) is 34.6 Å². The van der Waals surface area contributed by atoms with E-state index in [2.05, 4.69) is 5.32 Å². The number of carboxylic acid groups (broad SMARTS) is 1. The number of halogens is 2. The van der Waals surface area contributed by atoms with Gasteiger partial charge in [0.2, 0.25) is 5.91 Å². The van der Waals surface area contributed by atoms with Gasteiger partial charge in [0, 0.05) is 23.4 Å². The van der Waals surface area contributed by atoms with Gasteiger partial charge in [-0.3, -0.25) is 9.59 Å². The summed E-state index contributed by atoms with van der Waals surface area (Å²) in [5.74, 6) is -1.66. The number of rotatable bonds is 6. The summed E-state index contributed by atoms with van der Waals surface area (Å²) in [6.45, 7) is 0.400. The number of nitrogens with one attached hydrogen (secondary N) is 1. The molecule has 0 spiro atoms. The molecule has 0 aromatic heterocycles. The summed E-state index contributed by atoms with van der Waals surface area (Å²) in [6, 6.07) is 4.36. The second kappa shape index (κ2) is 7.09. The van der Waals surface area contributed by atoms with Crippen molar-refractivity contribution in [2.45, 2.75) is 43.9 Å². The number of carbonyl (C=O) groups is 2. The fraction of sp³-hybridized carbons (Fsp3) is 0.500. The van der Waals surface area contributed by atoms with Crippen molar-refractivity contribution < 1.29 is 19.1 Å². The largest absolute Gasteiger partial charge is 0.481 e. The minimum Gasteiger partial charge on any atom is -0.481 e. The molecule has 0 saturated heterocycles. The minimum absolute atomic E-state index is 0.0391. The molecular weight excluding hydrogens is 309 g/mol. The second-order valence-corrected chi connectivity index (χ2v) is 6.19. The van der Waals surface area contributed by atoms with Gasteiger partial charge in [-0.25, -0.2) is 4.39 Å². The summed E-state index contributed by atoms with van der Waals surface area (Å²) in [5, 5.41) is 11.8. The Morgan fingerprint density at radius 2 is 1.95 bits per heavy atom. The molecule has 0 unspecified atom stereocenters. The normalized spacial score (nSPS) is 16.5. The maximum Gasteiger partial charge on any atom is 0.303 e. The molecule has 0 bridgehead atoms. The Morgan fingerprint density at radius 3 is 2.55 bits per heavy atom. The lowest BCUT2D eigenvalue weighted by Gasteiger charge is -2.31. The second-order valence-electron chi connectivity index (χ2n) is 5.78. The van der Waals surface area contributed by atoms with E-state index < -0.39 is 5.97 Å². The van der Waals surface area contributed by atoms with Crippen LogP contribution >= 0.6 is 11.6 Å². The summed E-state index contributed by atoms with van der Waals surface area (Å²) >= 11 is 6.19. The van der Waals surface area contributed by atoms with Crippen molar-refractivity contribution in [3.63, 3.8) is 0 Å². The SMILES string of the molecule is O=C(O)CCC(=O)NCC1(c2ccc(F)cc2Cl)CCCC1. The highest BCUT2D eigenvalue weighted by atomic mass is 35.5. The Labute approximate surface area is 133 Å². The summed E-state index contributed by atoms with van der Waals surface area (Å²) in [6.07, 6.45) is 3.57. The average Bonchev–Trinajstić information content (AvgIpc) is 2.92. The van der Waals surface area contributed by atoms with Gasteiger partial charge in [0.15, 0.2) is 0 Å². The third kappa shape index (κ3) is 3.97. The van der Waals surface area contributed by atoms with Crippen molar-refractivity contribution in [2.24, 2.45) is 0 Å². The van der Waals surface area contributed by atoms with Crippen LogP contribution in [-0.2, 0) is 15.0 Å². The Kier molecular flexibility index (Phi) is 5.40. The molecular formula is C16H19ClFNO3. The summed E-state index contributed by atoms with van der Waals surface area (Å²) in [4.78, 5) is 22.2. The summed E-state index contributed by atoms with van der Waals surface area (Å²) < 4.78 is 13.2. The molecule has 0 aliphatic heterocycles. The summed E-state index contributed by atoms with van der Waals surface area (Å²) in [7, 11) is 0. The van der Waals surface area contributed by atoms with Gasteiger partial charge in [-0.1, -0.05) is 30.5 Å². The molecule has 0 heterocycles. The van der Waals surface area contributed by atoms with Crippen LogP contribution in [0, 0.1) is 5.82 Å². The molecule has 120 valence electrons. The standard InChI is InChI=1S/C16H19ClFNO3/c17-13-9-11(18)3-4-12(13)16(7-1-2-8-16)10-19-14(20)5-6-15(21)22/h3-4,9H,1-2,5-8,10H2,(H,19,20)(H,21,22). The van der Waals surface area contributed by atoms with Crippen molar-refractivity contribution in [1.29, 1.82) is 0 Å². The quantitative estimate of drug-likeness (QED) is 0.842. The molecule has 4 nitrogen and oxygen atoms in total. The fourth-order valence-electron chi connectivity index (χ4n) is 3.09. The van der Waals surface area contributed by atoms with E-state index in [0.29, 0.717) is 11.6 Å². The van der Waals surface area contributed by atoms with Crippen molar-refractivity contribution in [2.75, 3.05) is 6.54 Å². The van der Waals surface area contributed by atoms with Gasteiger partial charge in [-0.05, 0) is 30.5 Å². The zero-order valence-electron chi connectivity index (χ0n) is 12.2. The Morgan fingerprint density at radius 1 is 1.27 bits per heavy atom. The number of carboxylic acids is 1. The zero-order valence-corrected chi connectivity index (χ0v) is 13.0. The van der Waals surface area contributed by atoms with Gasteiger partial charge in [0.1, 0.15) is 5.82 Å². The van der Waals surface area contributed by atoms with E-state index in [9.17, 15) is 14.0 Å². The maximum absolute atomic E-state index is 13.2. The highest BCUT2D eigenvalue weighted by Crippen LogP contribution is 2.43. The highest BCUT2D eigenvalue weighted by molar-refractivity contribution is 6.31. The van der Waals surface area contributed by atoms with Crippen LogP contribution in [0.15, 0.2) is 18.2 Å². The number of aliphatic carboxylic acids is 1. The smallest absolute Gasteiger partial charge is 0.303 e. The third-order valence-corrected chi connectivity index (χ3v) is 4.57. The molecule has 1 aromatic rings. The first kappa shape index (κ1) is 16.7. The van der Waals surface area contributed by atoms with Crippen LogP contribution in [0.2, 0.25) is 5.02 Å². The molecule has 1 aliphatic rings. The van der Waals surface area contributed by atoms with E-state index in [4.69, 9.17) is 16.7 Å². The number of benzene rings is 1. The first-order chi connectivity index (χ1) is 10.4. The lowest BCUT2D eigenvalue weighted by Crippen LogP contribution is -2.39. The topological polar surface area (TPSA) is 66.4 Å². The fourth-order valence-corrected chi connectivity index (χ4v) is 3.46. The monoisotopic (exact) mass is 327 g/mol. The molecule has 0 atom stereocenters. The van der Waals surface area contributed by atoms with E-state index in [1.165, 1.54) is 12.1 Å². The lowest BCUT2D eigenvalue weighted by atomic mass is 9.78. The van der Waals surface area contributed by atoms with Crippen LogP contribution in [0.3, 0.4) is 0 Å². The first-order valence-corrected chi connectivity index (χ1v) is 7.75. The van der Waals surface area contributed by atoms with Gasteiger partial charge in [0.25, 0.3) is 0 Å². The van der Waals surface area contributed by atoms with Crippen LogP contribution in [0.4, 0.5) is 4.39 Å². The Balaban J connectivity index is 2.09. The van der Waals surface area contributed by atoms with Crippen LogP contribution < -0.4 is 5.32 Å². The molecule has 1 amide bonds. The van der Waals surface area contributed by atoms with Gasteiger partial charge in [-0.2, -0.15) is 0 Å². The number of amides is 1. The molecule has 2 rings (SSSR count). The molecule has 1 aliphatic carbocycles. The number of carbonyl (C=O) groups excluding carboxylic acids is 1. The minimum atomic E-state index is -0.993. The lowest BCUT2D eigenvalue weighted by molar-refractivity contribution is -0.138. The van der Waals surface area contributed by atoms with E-state index in [-0.39, 0.29) is 30.0 Å². The van der Waals surface area contributed by atoms with Crippen molar-refractivity contribution in [3.8, 4) is 0 Å². The average molecular weight is 328 g/mol. The van der Waals surface area contributed by atoms with Crippen LogP contribution in [0.5, 0.6) is 0 Å². The molecule has 1 saturated carbocycles. The number of hydrogen-bond acceptors (Lipinski definition) is 2. The first-order valence-electron chi connectivity index (χ1n) is 7.37. The van der Waals surface area contributed by atoms with E-state index in [1.54, 1.807) is 6.07 Å². The zero-order chi connectivity index (χ0) is 16.2. The van der Waals surface area contributed by atoms with Gasteiger partial charge >= 0.3 is 5.97 Å². The van der Waals surface area contributed by atoms with Gasteiger partial charge in [-0.15, -0.1) is 0 Å². The van der Waals surface area contributed by atoms with E-state index in [0.717, 1.165) is 31.2 Å². The predicted molar refractivity (Wildman–Crippen MR) is 81.4 cm³/mol. The molecule has 6 heteroatoms. The van der Waals surface area contributed by atoms with Crippen LogP contribution in [-0.4, -0.2) is 23.5 Å². The maximum atomic E-state index is 13.2. The van der Waals surface area contributed by atoms with Gasteiger partial charge in [0.05, 0.1) is 6.42 Å². The summed E-state index contributed by atoms with van der Waals surface area (Å²) in [5.41, 5.74) is 0.565. The van der Waals surface area contributed by atoms with Crippen LogP contribution in [0.1, 0.15) is 44.1 Å². The molecule has 1 fully saturated rings. The Hall–Kier alpha value is -1.62. The van der Waals surface area contributed by atoms with Crippen molar-refractivity contribution >= 4 is 23.5 Å². The predicted octanol–water partition coefficient (Wildman–Crippen LogP) is 3.27. The highest BCUT2D eigenvalue weighted by Gasteiger charge is 2.37.